The number of anilines is 1. The van der Waals surface area contributed by atoms with E-state index < -0.39 is 5.79 Å². The molecule has 0 radical (unpaired) electrons. The largest absolute Gasteiger partial charge is 0.491 e. The summed E-state index contributed by atoms with van der Waals surface area (Å²) in [5.41, 5.74) is 2.71. The Kier molecular flexibility index (Phi) is 8.16. The predicted octanol–water partition coefficient (Wildman–Crippen LogP) is 6.25. The highest BCUT2D eigenvalue weighted by atomic mass is 35.5. The van der Waals surface area contributed by atoms with E-state index in [4.69, 9.17) is 37.4 Å². The van der Waals surface area contributed by atoms with Gasteiger partial charge in [0.25, 0.3) is 5.91 Å². The van der Waals surface area contributed by atoms with Gasteiger partial charge < -0.3 is 18.8 Å². The fourth-order valence-electron chi connectivity index (χ4n) is 4.63. The first-order valence-corrected chi connectivity index (χ1v) is 13.9. The molecular weight excluding hydrogens is 577 g/mol. The first-order valence-electron chi connectivity index (χ1n) is 13.1. The first-order chi connectivity index (χ1) is 20.5. The Bertz CT molecular complexity index is 1670. The lowest BCUT2D eigenvalue weighted by Gasteiger charge is -2.30. The fourth-order valence-corrected chi connectivity index (χ4v) is 5.18. The number of carbonyl (C=O) groups excluding carboxylic acids is 1. The third-order valence-electron chi connectivity index (χ3n) is 6.65. The summed E-state index contributed by atoms with van der Waals surface area (Å²) < 4.78 is 20.6. The first kappa shape index (κ1) is 27.9. The van der Waals surface area contributed by atoms with Crippen molar-refractivity contribution in [1.29, 1.82) is 0 Å². The summed E-state index contributed by atoms with van der Waals surface area (Å²) in [7, 11) is 0. The van der Waals surface area contributed by atoms with Crippen LogP contribution in [-0.2, 0) is 21.8 Å². The average molecular weight is 602 g/mol. The number of nitrogens with zero attached hydrogens (tertiary/aromatic N) is 4. The number of carbonyl (C=O) groups is 1. The summed E-state index contributed by atoms with van der Waals surface area (Å²) >= 11 is 12.7. The van der Waals surface area contributed by atoms with E-state index in [1.54, 1.807) is 61.2 Å². The van der Waals surface area contributed by atoms with Crippen molar-refractivity contribution >= 4 is 35.1 Å². The molecule has 2 atom stereocenters. The normalized spacial score (nSPS) is 18.1. The topological polar surface area (TPSA) is 100 Å². The van der Waals surface area contributed by atoms with Crippen LogP contribution in [0.1, 0.15) is 15.9 Å². The number of rotatable bonds is 9. The molecule has 2 aromatic heterocycles. The Labute approximate surface area is 252 Å². The molecule has 0 spiro atoms. The molecule has 1 aliphatic rings. The van der Waals surface area contributed by atoms with Gasteiger partial charge in [0, 0.05) is 40.3 Å². The molecule has 0 aliphatic carbocycles. The summed E-state index contributed by atoms with van der Waals surface area (Å²) in [6.45, 7) is 0.926. The van der Waals surface area contributed by atoms with Crippen LogP contribution < -0.4 is 10.1 Å². The number of imidazole rings is 1. The van der Waals surface area contributed by atoms with Gasteiger partial charge in [-0.25, -0.2) is 15.0 Å². The van der Waals surface area contributed by atoms with Crippen molar-refractivity contribution in [2.75, 3.05) is 18.5 Å². The molecule has 1 fully saturated rings. The van der Waals surface area contributed by atoms with Crippen molar-refractivity contribution in [3.63, 3.8) is 0 Å². The highest BCUT2D eigenvalue weighted by Crippen LogP contribution is 2.40. The Morgan fingerprint density at radius 3 is 2.64 bits per heavy atom. The molecule has 0 bridgehead atoms. The van der Waals surface area contributed by atoms with Gasteiger partial charge in [0.1, 0.15) is 18.5 Å². The number of aromatic nitrogens is 4. The third-order valence-corrected chi connectivity index (χ3v) is 7.20. The number of ether oxygens (including phenoxy) is 3. The lowest BCUT2D eigenvalue weighted by Crippen LogP contribution is -2.34. The molecule has 1 N–H and O–H groups in total. The molecule has 1 saturated heterocycles. The van der Waals surface area contributed by atoms with Crippen molar-refractivity contribution in [3.05, 3.63) is 125 Å². The predicted molar refractivity (Wildman–Crippen MR) is 159 cm³/mol. The van der Waals surface area contributed by atoms with Crippen LogP contribution >= 0.6 is 23.2 Å². The van der Waals surface area contributed by atoms with E-state index in [1.807, 2.05) is 47.2 Å². The lowest BCUT2D eigenvalue weighted by atomic mass is 10.1. The van der Waals surface area contributed by atoms with Crippen LogP contribution in [0.25, 0.3) is 11.3 Å². The monoisotopic (exact) mass is 601 g/mol. The Morgan fingerprint density at radius 1 is 1.05 bits per heavy atom. The molecule has 0 saturated carbocycles. The van der Waals surface area contributed by atoms with E-state index >= 15 is 0 Å². The molecule has 1 amide bonds. The van der Waals surface area contributed by atoms with Gasteiger partial charge in [0.2, 0.25) is 11.7 Å². The minimum absolute atomic E-state index is 0.222. The zero-order valence-electron chi connectivity index (χ0n) is 22.2. The molecule has 212 valence electrons. The van der Waals surface area contributed by atoms with Crippen LogP contribution in [0.15, 0.2) is 104 Å². The van der Waals surface area contributed by atoms with Crippen LogP contribution in [0.2, 0.25) is 10.0 Å². The van der Waals surface area contributed by atoms with Crippen LogP contribution in [0.4, 0.5) is 5.95 Å². The summed E-state index contributed by atoms with van der Waals surface area (Å²) in [6, 6.07) is 23.4. The van der Waals surface area contributed by atoms with Crippen molar-refractivity contribution in [2.24, 2.45) is 0 Å². The van der Waals surface area contributed by atoms with Crippen molar-refractivity contribution in [2.45, 2.75) is 18.4 Å². The molecule has 0 unspecified atom stereocenters. The smallest absolute Gasteiger partial charge is 0.258 e. The van der Waals surface area contributed by atoms with Gasteiger partial charge >= 0.3 is 0 Å². The minimum Gasteiger partial charge on any atom is -0.491 e. The molecular formula is C31H25Cl2N5O4. The summed E-state index contributed by atoms with van der Waals surface area (Å²) in [5.74, 6) is -0.520. The lowest BCUT2D eigenvalue weighted by molar-refractivity contribution is -0.189. The van der Waals surface area contributed by atoms with Gasteiger partial charge in [-0.1, -0.05) is 47.5 Å². The highest BCUT2D eigenvalue weighted by Gasteiger charge is 2.45. The van der Waals surface area contributed by atoms with Crippen LogP contribution in [0, 0.1) is 0 Å². The maximum absolute atomic E-state index is 12.5. The summed E-state index contributed by atoms with van der Waals surface area (Å²) in [6.07, 6.45) is 6.48. The SMILES string of the molecule is O=C(Nc1nccc(-c2ccc(OC[C@@H]3CO[C@@](Cn4ccnc4)(c4ccc(Cl)cc4Cl)O3)cc2)n1)c1ccccc1. The Morgan fingerprint density at radius 2 is 1.88 bits per heavy atom. The quantitative estimate of drug-likeness (QED) is 0.213. The second-order valence-electron chi connectivity index (χ2n) is 9.58. The second-order valence-corrected chi connectivity index (χ2v) is 10.4. The van der Waals surface area contributed by atoms with E-state index in [2.05, 4.69) is 20.3 Å². The zero-order chi connectivity index (χ0) is 28.9. The van der Waals surface area contributed by atoms with Gasteiger partial charge in [-0.15, -0.1) is 0 Å². The van der Waals surface area contributed by atoms with Crippen LogP contribution in [0.5, 0.6) is 5.75 Å². The summed E-state index contributed by atoms with van der Waals surface area (Å²) in [5, 5.41) is 3.72. The van der Waals surface area contributed by atoms with E-state index in [9.17, 15) is 4.79 Å². The van der Waals surface area contributed by atoms with Crippen molar-refractivity contribution < 1.29 is 19.0 Å². The van der Waals surface area contributed by atoms with E-state index in [1.165, 1.54) is 0 Å². The Balaban J connectivity index is 1.10. The Hall–Kier alpha value is -4.28. The molecule has 3 heterocycles. The van der Waals surface area contributed by atoms with Gasteiger partial charge in [-0.05, 0) is 54.6 Å². The number of benzene rings is 3. The molecule has 11 heteroatoms. The van der Waals surface area contributed by atoms with Gasteiger partial charge in [0.05, 0.1) is 30.2 Å². The van der Waals surface area contributed by atoms with E-state index in [-0.39, 0.29) is 24.6 Å². The number of halogens is 2. The second kappa shape index (κ2) is 12.3. The molecule has 3 aromatic carbocycles. The number of amides is 1. The van der Waals surface area contributed by atoms with Crippen molar-refractivity contribution in [1.82, 2.24) is 19.5 Å². The maximum Gasteiger partial charge on any atom is 0.258 e. The van der Waals surface area contributed by atoms with E-state index in [0.29, 0.717) is 45.8 Å². The summed E-state index contributed by atoms with van der Waals surface area (Å²) in [4.78, 5) is 25.3. The van der Waals surface area contributed by atoms with Gasteiger partial charge in [-0.2, -0.15) is 0 Å². The van der Waals surface area contributed by atoms with Gasteiger partial charge in [-0.3, -0.25) is 10.1 Å². The maximum atomic E-state index is 12.5. The number of hydrogen-bond donors (Lipinski definition) is 1. The van der Waals surface area contributed by atoms with Gasteiger partial charge in [0.15, 0.2) is 0 Å². The molecule has 6 rings (SSSR count). The fraction of sp³-hybridized carbons (Fsp3) is 0.161. The van der Waals surface area contributed by atoms with Crippen molar-refractivity contribution in [3.8, 4) is 17.0 Å². The minimum atomic E-state index is -1.12. The standard InChI is InChI=1S/C31H25Cl2N5O4/c32-23-8-11-26(27(33)16-23)31(19-38-15-14-34-20-38)41-18-25(42-31)17-40-24-9-6-21(7-10-24)28-12-13-35-30(36-28)37-29(39)22-4-2-1-3-5-22/h1-16,20,25H,17-19H2,(H,35,36,37,39)/t25-,31-/m1/s1. The van der Waals surface area contributed by atoms with Crippen LogP contribution in [-0.4, -0.2) is 44.7 Å². The average Bonchev–Trinajstić information content (AvgIpc) is 3.67. The zero-order valence-corrected chi connectivity index (χ0v) is 23.7. The third kappa shape index (κ3) is 6.29. The molecule has 5 aromatic rings. The highest BCUT2D eigenvalue weighted by molar-refractivity contribution is 6.35. The molecule has 1 aliphatic heterocycles. The number of hydrogen-bond acceptors (Lipinski definition) is 7. The van der Waals surface area contributed by atoms with Crippen LogP contribution in [0.3, 0.4) is 0 Å². The molecule has 9 nitrogen and oxygen atoms in total. The van der Waals surface area contributed by atoms with E-state index in [0.717, 1.165) is 5.56 Å². The molecule has 42 heavy (non-hydrogen) atoms. The number of nitrogens with one attached hydrogen (secondary N) is 1.